The smallest absolute Gasteiger partial charge is 0.339 e. The Bertz CT molecular complexity index is 503. The van der Waals surface area contributed by atoms with Gasteiger partial charge in [0.05, 0.1) is 31.3 Å². The summed E-state index contributed by atoms with van der Waals surface area (Å²) in [7, 11) is 0. The van der Waals surface area contributed by atoms with Gasteiger partial charge in [-0.05, 0) is 19.1 Å². The van der Waals surface area contributed by atoms with Crippen LogP contribution in [0.1, 0.15) is 23.7 Å². The zero-order chi connectivity index (χ0) is 15.2. The summed E-state index contributed by atoms with van der Waals surface area (Å²) >= 11 is 0. The number of anilines is 1. The number of carboxylic acid groups (broad SMARTS) is 1. The minimum atomic E-state index is -0.882. The summed E-state index contributed by atoms with van der Waals surface area (Å²) in [6.07, 6.45) is 1.09. The molecule has 0 radical (unpaired) electrons. The monoisotopic (exact) mass is 294 g/mol. The van der Waals surface area contributed by atoms with Crippen LogP contribution in [-0.2, 0) is 14.3 Å². The molecule has 0 aromatic carbocycles. The lowest BCUT2D eigenvalue weighted by atomic mass is 10.2. The Labute approximate surface area is 122 Å². The van der Waals surface area contributed by atoms with Crippen molar-refractivity contribution in [2.75, 3.05) is 31.2 Å². The fourth-order valence-electron chi connectivity index (χ4n) is 2.15. The van der Waals surface area contributed by atoms with Crippen LogP contribution < -0.4 is 4.90 Å². The van der Waals surface area contributed by atoms with Gasteiger partial charge in [0.25, 0.3) is 0 Å². The molecule has 114 valence electrons. The van der Waals surface area contributed by atoms with Crippen molar-refractivity contribution in [3.8, 4) is 0 Å². The fraction of sp³-hybridized carbons (Fsp3) is 0.500. The first-order valence-corrected chi connectivity index (χ1v) is 6.81. The van der Waals surface area contributed by atoms with Crippen LogP contribution in [0.3, 0.4) is 0 Å². The molecule has 7 heteroatoms. The maximum absolute atomic E-state index is 11.5. The summed E-state index contributed by atoms with van der Waals surface area (Å²) in [4.78, 5) is 28.5. The Hall–Kier alpha value is -2.15. The average Bonchev–Trinajstić information content (AvgIpc) is 2.47. The van der Waals surface area contributed by atoms with Crippen molar-refractivity contribution in [1.29, 1.82) is 0 Å². The Kier molecular flexibility index (Phi) is 5.10. The number of aromatic nitrogens is 1. The third-order valence-corrected chi connectivity index (χ3v) is 3.12. The number of carboxylic acids is 1. The van der Waals surface area contributed by atoms with E-state index in [0.717, 1.165) is 0 Å². The molecule has 1 aromatic rings. The lowest BCUT2D eigenvalue weighted by Gasteiger charge is -2.33. The van der Waals surface area contributed by atoms with Gasteiger partial charge in [0.1, 0.15) is 5.82 Å². The molecule has 0 aliphatic carbocycles. The third kappa shape index (κ3) is 4.16. The molecule has 1 aliphatic rings. The van der Waals surface area contributed by atoms with E-state index in [1.807, 2.05) is 4.90 Å². The average molecular weight is 294 g/mol. The van der Waals surface area contributed by atoms with Crippen LogP contribution in [0.25, 0.3) is 0 Å². The number of esters is 1. The van der Waals surface area contributed by atoms with E-state index in [-0.39, 0.29) is 12.5 Å². The van der Waals surface area contributed by atoms with Gasteiger partial charge in [0.15, 0.2) is 0 Å². The zero-order valence-corrected chi connectivity index (χ0v) is 11.8. The molecule has 0 amide bonds. The number of hydrogen-bond donors (Lipinski definition) is 1. The molecule has 1 N–H and O–H groups in total. The normalized spacial score (nSPS) is 18.3. The summed E-state index contributed by atoms with van der Waals surface area (Å²) < 4.78 is 10.3. The molecule has 7 nitrogen and oxygen atoms in total. The molecule has 1 aliphatic heterocycles. The lowest BCUT2D eigenvalue weighted by Crippen LogP contribution is -2.43. The summed E-state index contributed by atoms with van der Waals surface area (Å²) in [6, 6.07) is 3.39. The first-order chi connectivity index (χ1) is 10.1. The SMILES string of the molecule is CCOC(=O)c1ccc(N2CCOC(CC(=O)O)C2)nc1. The first kappa shape index (κ1) is 15.2. The van der Waals surface area contributed by atoms with Gasteiger partial charge >= 0.3 is 11.9 Å². The highest BCUT2D eigenvalue weighted by Crippen LogP contribution is 2.17. The van der Waals surface area contributed by atoms with Crippen LogP contribution in [0.15, 0.2) is 18.3 Å². The number of carbonyl (C=O) groups excluding carboxylic acids is 1. The van der Waals surface area contributed by atoms with Gasteiger partial charge in [-0.3, -0.25) is 4.79 Å². The van der Waals surface area contributed by atoms with Crippen molar-refractivity contribution in [3.05, 3.63) is 23.9 Å². The minimum absolute atomic E-state index is 0.0303. The molecule has 1 atom stereocenters. The van der Waals surface area contributed by atoms with Crippen LogP contribution in [0.2, 0.25) is 0 Å². The summed E-state index contributed by atoms with van der Waals surface area (Å²) in [5, 5.41) is 8.81. The molecule has 1 unspecified atom stereocenters. The van der Waals surface area contributed by atoms with Gasteiger partial charge in [-0.25, -0.2) is 9.78 Å². The van der Waals surface area contributed by atoms with E-state index < -0.39 is 11.9 Å². The highest BCUT2D eigenvalue weighted by molar-refractivity contribution is 5.89. The standard InChI is InChI=1S/C14H18N2O5/c1-2-20-14(19)10-3-4-12(15-8-10)16-5-6-21-11(9-16)7-13(17)18/h3-4,8,11H,2,5-7,9H2,1H3,(H,17,18). The highest BCUT2D eigenvalue weighted by atomic mass is 16.5. The van der Waals surface area contributed by atoms with Crippen molar-refractivity contribution in [3.63, 3.8) is 0 Å². The molecule has 0 saturated carbocycles. The molecule has 1 fully saturated rings. The van der Waals surface area contributed by atoms with Crippen LogP contribution in [0.4, 0.5) is 5.82 Å². The number of ether oxygens (including phenoxy) is 2. The van der Waals surface area contributed by atoms with Crippen LogP contribution in [0, 0.1) is 0 Å². The van der Waals surface area contributed by atoms with Crippen molar-refractivity contribution >= 4 is 17.8 Å². The van der Waals surface area contributed by atoms with Crippen LogP contribution in [0.5, 0.6) is 0 Å². The molecule has 0 spiro atoms. The Morgan fingerprint density at radius 2 is 2.33 bits per heavy atom. The second-order valence-electron chi connectivity index (χ2n) is 4.66. The molecule has 1 aromatic heterocycles. The van der Waals surface area contributed by atoms with Crippen molar-refractivity contribution in [2.24, 2.45) is 0 Å². The Morgan fingerprint density at radius 3 is 2.95 bits per heavy atom. The molecular weight excluding hydrogens is 276 g/mol. The summed E-state index contributed by atoms with van der Waals surface area (Å²) in [6.45, 7) is 3.64. The molecular formula is C14H18N2O5. The third-order valence-electron chi connectivity index (χ3n) is 3.12. The van der Waals surface area contributed by atoms with Gasteiger partial charge < -0.3 is 19.5 Å². The molecule has 1 saturated heterocycles. The van der Waals surface area contributed by atoms with E-state index >= 15 is 0 Å². The topological polar surface area (TPSA) is 89.0 Å². The number of carbonyl (C=O) groups is 2. The largest absolute Gasteiger partial charge is 0.481 e. The molecule has 21 heavy (non-hydrogen) atoms. The van der Waals surface area contributed by atoms with E-state index in [4.69, 9.17) is 14.6 Å². The van der Waals surface area contributed by atoms with Gasteiger partial charge in [-0.15, -0.1) is 0 Å². The number of rotatable bonds is 5. The number of morpholine rings is 1. The van der Waals surface area contributed by atoms with Crippen LogP contribution in [-0.4, -0.2) is 54.4 Å². The van der Waals surface area contributed by atoms with Gasteiger partial charge in [0.2, 0.25) is 0 Å². The number of aliphatic carboxylic acids is 1. The number of nitrogens with zero attached hydrogens (tertiary/aromatic N) is 2. The molecule has 2 rings (SSSR count). The predicted molar refractivity (Wildman–Crippen MR) is 74.4 cm³/mol. The maximum atomic E-state index is 11.5. The van der Waals surface area contributed by atoms with Gasteiger partial charge in [0, 0.05) is 19.3 Å². The Morgan fingerprint density at radius 1 is 1.52 bits per heavy atom. The fourth-order valence-corrected chi connectivity index (χ4v) is 2.15. The lowest BCUT2D eigenvalue weighted by molar-refractivity contribution is -0.140. The Balaban J connectivity index is 2.01. The van der Waals surface area contributed by atoms with Crippen molar-refractivity contribution in [2.45, 2.75) is 19.4 Å². The van der Waals surface area contributed by atoms with E-state index in [9.17, 15) is 9.59 Å². The van der Waals surface area contributed by atoms with E-state index in [2.05, 4.69) is 4.98 Å². The van der Waals surface area contributed by atoms with Gasteiger partial charge in [-0.2, -0.15) is 0 Å². The van der Waals surface area contributed by atoms with E-state index in [1.165, 1.54) is 6.20 Å². The minimum Gasteiger partial charge on any atom is -0.481 e. The predicted octanol–water partition coefficient (Wildman–Crippen LogP) is 0.938. The second-order valence-corrected chi connectivity index (χ2v) is 4.66. The van der Waals surface area contributed by atoms with Crippen LogP contribution >= 0.6 is 0 Å². The van der Waals surface area contributed by atoms with Crippen molar-refractivity contribution < 1.29 is 24.2 Å². The van der Waals surface area contributed by atoms with Gasteiger partial charge in [-0.1, -0.05) is 0 Å². The highest BCUT2D eigenvalue weighted by Gasteiger charge is 2.23. The maximum Gasteiger partial charge on any atom is 0.339 e. The number of hydrogen-bond acceptors (Lipinski definition) is 6. The van der Waals surface area contributed by atoms with E-state index in [0.29, 0.717) is 37.7 Å². The zero-order valence-electron chi connectivity index (χ0n) is 11.8. The molecule has 0 bridgehead atoms. The van der Waals surface area contributed by atoms with Crippen molar-refractivity contribution in [1.82, 2.24) is 4.98 Å². The second kappa shape index (κ2) is 7.03. The first-order valence-electron chi connectivity index (χ1n) is 6.81. The quantitative estimate of drug-likeness (QED) is 0.808. The summed E-state index contributed by atoms with van der Waals surface area (Å²) in [5.41, 5.74) is 0.399. The van der Waals surface area contributed by atoms with E-state index in [1.54, 1.807) is 19.1 Å². The summed E-state index contributed by atoms with van der Waals surface area (Å²) in [5.74, 6) is -0.587. The number of pyridine rings is 1. The molecule has 2 heterocycles.